The molecule has 2 aliphatic rings. The van der Waals surface area contributed by atoms with Crippen molar-refractivity contribution in [2.24, 2.45) is 0 Å². The third-order valence-electron chi connectivity index (χ3n) is 14.5. The summed E-state index contributed by atoms with van der Waals surface area (Å²) in [6, 6.07) is 4.15. The van der Waals surface area contributed by atoms with Gasteiger partial charge in [-0.15, -0.1) is 0 Å². The van der Waals surface area contributed by atoms with Crippen LogP contribution in [0.15, 0.2) is 159 Å². The molecule has 0 saturated heterocycles. The number of nitrogens with zero attached hydrogens (tertiary/aromatic N) is 8. The zero-order chi connectivity index (χ0) is 93.7. The molecule has 0 bridgehead atoms. The van der Waals surface area contributed by atoms with Gasteiger partial charge in [-0.2, -0.15) is 36.3 Å². The van der Waals surface area contributed by atoms with Crippen LogP contribution in [0.3, 0.4) is 0 Å². The molecule has 0 atom stereocenters. The summed E-state index contributed by atoms with van der Waals surface area (Å²) in [5.41, 5.74) is -8.84. The largest absolute Gasteiger partial charge is 0.416 e. The molecule has 10 rings (SSSR count). The van der Waals surface area contributed by atoms with Crippen molar-refractivity contribution in [3.63, 3.8) is 0 Å². The van der Waals surface area contributed by atoms with E-state index in [1.54, 1.807) is 36.4 Å². The first kappa shape index (κ1) is 41.9. The molecule has 0 saturated carbocycles. The molecule has 0 aliphatic heterocycles. The number of aromatic nitrogens is 4. The zero-order valence-corrected chi connectivity index (χ0v) is 52.9. The van der Waals surface area contributed by atoms with Gasteiger partial charge >= 0.3 is 12.4 Å². The quantitative estimate of drug-likeness (QED) is 0.0295. The van der Waals surface area contributed by atoms with Gasteiger partial charge < -0.3 is 28.7 Å². The van der Waals surface area contributed by atoms with Crippen molar-refractivity contribution in [2.75, 3.05) is 52.2 Å². The minimum absolute atomic E-state index is 0.0304. The van der Waals surface area contributed by atoms with E-state index in [-0.39, 0.29) is 46.9 Å². The van der Waals surface area contributed by atoms with Gasteiger partial charge in [-0.25, -0.2) is 8.78 Å². The Balaban J connectivity index is 0.000000293. The van der Waals surface area contributed by atoms with E-state index in [4.69, 9.17) is 34.3 Å². The van der Waals surface area contributed by atoms with Crippen LogP contribution in [0.5, 0.6) is 0 Å². The van der Waals surface area contributed by atoms with E-state index in [0.29, 0.717) is 62.6 Å². The Morgan fingerprint density at radius 1 is 0.547 bits per heavy atom. The highest BCUT2D eigenvalue weighted by molar-refractivity contribution is 7.98. The molecule has 0 unspecified atom stereocenters. The van der Waals surface area contributed by atoms with E-state index >= 15 is 4.79 Å². The van der Waals surface area contributed by atoms with E-state index in [9.17, 15) is 55.0 Å². The first-order valence-corrected chi connectivity index (χ1v) is 30.8. The summed E-state index contributed by atoms with van der Waals surface area (Å²) in [5, 5.41) is -1.15. The standard InChI is InChI=1S/C37H40F4N4O2S.C36H38F4N4O2S/c1-4-43(5-2)19-20-44(22-26-9-13-28(14-10-26)29-15-18-32(25(3)21-29)37(39,40)41)34(46)23-45-33-8-6-7-31(33)35(47)42-36(45)48-24-27-11-16-30(38)17-12-27;1-3-42(4-2)20-21-43(22-25-8-12-27(13-9-25)28-14-16-29(17-15-28)36(38,39)40)33(45)23-44-32-7-5-6-31(32)34(46)41-35(44)47-24-26-10-18-30(37)19-11-26/h9-18,21H,4-8,19-20,22-24H2,1-3H3;8-19H,3-7,20-24H2,1-2H3/i4D2,5D2,6D2,7D2,8D2,9D,10D,11D,12D,13D,14D,15D,16D,17D,18D,21D,23D2;3D2,4D2,23D2. The normalized spacial score (nSPS) is 19.8. The predicted molar refractivity (Wildman–Crippen MR) is 358 cm³/mol. The third-order valence-corrected chi connectivity index (χ3v) is 16.5. The molecule has 0 N–H and O–H groups in total. The van der Waals surface area contributed by atoms with Gasteiger partial charge in [0.15, 0.2) is 10.3 Å². The molecule has 2 heterocycles. The predicted octanol–water partition coefficient (Wildman–Crippen LogP) is 14.7. The van der Waals surface area contributed by atoms with Gasteiger partial charge in [-0.05, 0) is 164 Å². The lowest BCUT2D eigenvalue weighted by atomic mass is 9.98. The Hall–Kier alpha value is -7.92. The Morgan fingerprint density at radius 3 is 1.59 bits per heavy atom. The maximum Gasteiger partial charge on any atom is 0.416 e. The van der Waals surface area contributed by atoms with Crippen LogP contribution in [0.1, 0.15) is 142 Å². The van der Waals surface area contributed by atoms with Crippen molar-refractivity contribution >= 4 is 35.3 Å². The Morgan fingerprint density at radius 2 is 1.04 bits per heavy atom. The number of fused-ring (bicyclic) bond motifs is 2. The molecular weight excluding hydrogens is 1270 g/mol. The van der Waals surface area contributed by atoms with Crippen LogP contribution in [0, 0.1) is 18.6 Å². The fraction of sp³-hybridized carbons (Fsp3) is 0.370. The molecule has 12 nitrogen and oxygen atoms in total. The molecule has 502 valence electrons. The van der Waals surface area contributed by atoms with Gasteiger partial charge in [0.1, 0.15) is 24.6 Å². The molecule has 2 aliphatic carbocycles. The number of halogens is 8. The van der Waals surface area contributed by atoms with E-state index in [2.05, 4.69) is 9.97 Å². The van der Waals surface area contributed by atoms with E-state index < -0.39 is 252 Å². The number of hydrogen-bond acceptors (Lipinski definition) is 10. The SMILES string of the molecule is [2H]C([2H])(C)N(CCN(Cc1ccc(-c2ccc(C(F)(F)F)cc2)cc1)C(=O)C([2H])([2H])n1c(SCc2ccc(F)cc2)nc(=O)c2c1CCC2)C([2H])([2H])C.[2H]c1c([2H])c(CSc2nc(=O)c3c(n2C([2H])([2H])C(=O)N(CCN(C([2H])([2H])C)C([2H])([2H])C)Cc2c([2H])c([2H])c(-c4c([2H])c([2H])c(C(F)(F)F)c(C)c4[2H])c([2H])c2[2H])C([2H])([2H])C([2H])([2H])C3([2H])[2H])c([2H])c([2H])c1F. The van der Waals surface area contributed by atoms with Gasteiger partial charge in [0.2, 0.25) is 11.8 Å². The van der Waals surface area contributed by atoms with Crippen molar-refractivity contribution in [1.29, 1.82) is 0 Å². The van der Waals surface area contributed by atoms with E-state index in [0.717, 1.165) is 59.0 Å². The third kappa shape index (κ3) is 19.0. The highest BCUT2D eigenvalue weighted by Crippen LogP contribution is 2.36. The highest BCUT2D eigenvalue weighted by atomic mass is 32.2. The molecule has 2 amide bonds. The van der Waals surface area contributed by atoms with Crippen LogP contribution in [0.4, 0.5) is 35.1 Å². The second-order valence-corrected chi connectivity index (χ2v) is 22.6. The van der Waals surface area contributed by atoms with Crippen LogP contribution < -0.4 is 11.1 Å². The number of rotatable bonds is 26. The van der Waals surface area contributed by atoms with Crippen molar-refractivity contribution < 1.29 is 84.5 Å². The summed E-state index contributed by atoms with van der Waals surface area (Å²) < 4.78 is 358. The molecule has 6 aromatic carbocycles. The fourth-order valence-corrected chi connectivity index (χ4v) is 11.3. The summed E-state index contributed by atoms with van der Waals surface area (Å²) in [4.78, 5) is 67.1. The average molecular weight is 1380 g/mol. The van der Waals surface area contributed by atoms with E-state index in [1.807, 2.05) is 0 Å². The van der Waals surface area contributed by atoms with Crippen LogP contribution >= 0.6 is 23.5 Å². The molecule has 2 aromatic heterocycles. The average Bonchev–Trinajstić information content (AvgIpc) is 1.51. The zero-order valence-electron chi connectivity index (χ0n) is 80.3. The van der Waals surface area contributed by atoms with Crippen LogP contribution in [-0.2, 0) is 85.1 Å². The number of hydrogen-bond donors (Lipinski definition) is 0. The number of thioether (sulfide) groups is 2. The van der Waals surface area contributed by atoms with Crippen molar-refractivity contribution in [3.8, 4) is 22.3 Å². The smallest absolute Gasteiger partial charge is 0.336 e. The summed E-state index contributed by atoms with van der Waals surface area (Å²) >= 11 is 1.13. The van der Waals surface area contributed by atoms with E-state index in [1.165, 1.54) is 38.1 Å². The van der Waals surface area contributed by atoms with Gasteiger partial charge in [0.25, 0.3) is 11.1 Å². The van der Waals surface area contributed by atoms with Crippen molar-refractivity contribution in [2.45, 2.75) is 133 Å². The first-order valence-electron chi connectivity index (χ1n) is 43.4. The maximum absolute atomic E-state index is 15.1. The minimum Gasteiger partial charge on any atom is -0.336 e. The lowest BCUT2D eigenvalue weighted by Crippen LogP contribution is -2.40. The number of carbonyl (C=O) groups excluding carboxylic acids is 2. The minimum atomic E-state index is -5.24. The molecule has 0 fully saturated rings. The first-order chi connectivity index (χ1) is 56.6. The summed E-state index contributed by atoms with van der Waals surface area (Å²) in [7, 11) is 0. The van der Waals surface area contributed by atoms with Crippen molar-refractivity contribution in [3.05, 3.63) is 233 Å². The second-order valence-electron chi connectivity index (χ2n) is 20.7. The van der Waals surface area contributed by atoms with Gasteiger partial charge in [-0.3, -0.25) is 19.2 Å². The van der Waals surface area contributed by atoms with Crippen LogP contribution in [0.2, 0.25) is 0 Å². The summed E-state index contributed by atoms with van der Waals surface area (Å²) in [6.45, 7) is -15.4. The summed E-state index contributed by atoms with van der Waals surface area (Å²) in [5.74, 6) is -5.71. The summed E-state index contributed by atoms with van der Waals surface area (Å²) in [6.07, 6.45) is -19.7. The molecule has 8 aromatic rings. The molecule has 22 heteroatoms. The fourth-order valence-electron chi connectivity index (χ4n) is 9.55. The number of alkyl halides is 6. The maximum atomic E-state index is 15.1. The number of amides is 2. The number of likely N-dealkylation sites (N-methyl/N-ethyl adjacent to an activating group) is 2. The molecule has 0 spiro atoms. The van der Waals surface area contributed by atoms with Gasteiger partial charge in [0.05, 0.1) is 31.7 Å². The second kappa shape index (κ2) is 32.7. The Bertz CT molecular complexity index is 5480. The molecule has 95 heavy (non-hydrogen) atoms. The number of carbonyl (C=O) groups is 2. The Labute approximate surface area is 598 Å². The highest BCUT2D eigenvalue weighted by Gasteiger charge is 2.33. The van der Waals surface area contributed by atoms with Crippen molar-refractivity contribution in [1.82, 2.24) is 38.7 Å². The number of benzene rings is 6. The topological polar surface area (TPSA) is 117 Å². The van der Waals surface area contributed by atoms with Gasteiger partial charge in [-0.1, -0.05) is 148 Å². The lowest BCUT2D eigenvalue weighted by Gasteiger charge is -2.28. The molecule has 0 radical (unpaired) electrons. The van der Waals surface area contributed by atoms with Crippen LogP contribution in [-0.4, -0.2) is 103 Å². The monoisotopic (exact) mass is 1380 g/mol. The molecular formula is C73H78F8N8O4S2. The van der Waals surface area contributed by atoms with Crippen LogP contribution in [0.25, 0.3) is 22.3 Å². The van der Waals surface area contributed by atoms with Gasteiger partial charge in [0, 0.05) is 92.5 Å². The Kier molecular flexibility index (Phi) is 14.4. The lowest BCUT2D eigenvalue weighted by molar-refractivity contribution is -0.138.